The molecule has 0 spiro atoms. The predicted molar refractivity (Wildman–Crippen MR) is 112 cm³/mol. The maximum atomic E-state index is 12.4. The van der Waals surface area contributed by atoms with Crippen molar-refractivity contribution < 1.29 is 4.79 Å². The van der Waals surface area contributed by atoms with Crippen molar-refractivity contribution in [1.82, 2.24) is 0 Å². The van der Waals surface area contributed by atoms with Crippen LogP contribution >= 0.6 is 35.0 Å². The Balaban J connectivity index is 1.62. The van der Waals surface area contributed by atoms with Crippen LogP contribution < -0.4 is 5.32 Å². The second-order valence-electron chi connectivity index (χ2n) is 5.85. The summed E-state index contributed by atoms with van der Waals surface area (Å²) in [4.78, 5) is 13.6. The highest BCUT2D eigenvalue weighted by molar-refractivity contribution is 7.98. The zero-order valence-corrected chi connectivity index (χ0v) is 16.5. The number of rotatable bonds is 5. The second-order valence-corrected chi connectivity index (χ2v) is 7.69. The molecule has 0 aliphatic carbocycles. The molecule has 26 heavy (non-hydrogen) atoms. The number of anilines is 1. The lowest BCUT2D eigenvalue weighted by molar-refractivity contribution is 0.102. The molecule has 0 aromatic heterocycles. The van der Waals surface area contributed by atoms with Crippen molar-refractivity contribution >= 4 is 46.6 Å². The van der Waals surface area contributed by atoms with Gasteiger partial charge in [-0.2, -0.15) is 0 Å². The van der Waals surface area contributed by atoms with Crippen molar-refractivity contribution in [2.75, 3.05) is 5.32 Å². The summed E-state index contributed by atoms with van der Waals surface area (Å²) >= 11 is 13.9. The van der Waals surface area contributed by atoms with Gasteiger partial charge in [-0.3, -0.25) is 4.79 Å². The smallest absolute Gasteiger partial charge is 0.255 e. The van der Waals surface area contributed by atoms with E-state index in [1.54, 1.807) is 30.0 Å². The van der Waals surface area contributed by atoms with Crippen LogP contribution in [-0.4, -0.2) is 5.91 Å². The fourth-order valence-electron chi connectivity index (χ4n) is 2.35. The van der Waals surface area contributed by atoms with Crippen LogP contribution in [0.1, 0.15) is 21.5 Å². The highest BCUT2D eigenvalue weighted by Gasteiger charge is 2.10. The number of amides is 1. The highest BCUT2D eigenvalue weighted by atomic mass is 35.5. The van der Waals surface area contributed by atoms with Crippen molar-refractivity contribution in [3.05, 3.63) is 93.5 Å². The quantitative estimate of drug-likeness (QED) is 0.473. The Morgan fingerprint density at radius 2 is 1.65 bits per heavy atom. The van der Waals surface area contributed by atoms with Gasteiger partial charge in [0.05, 0.1) is 15.7 Å². The van der Waals surface area contributed by atoms with Crippen LogP contribution in [0, 0.1) is 6.92 Å². The Bertz CT molecular complexity index is 908. The molecule has 2 nitrogen and oxygen atoms in total. The Morgan fingerprint density at radius 3 is 2.35 bits per heavy atom. The van der Waals surface area contributed by atoms with E-state index >= 15 is 0 Å². The molecular weight excluding hydrogens is 385 g/mol. The Kier molecular flexibility index (Phi) is 6.25. The fourth-order valence-corrected chi connectivity index (χ4v) is 3.55. The van der Waals surface area contributed by atoms with Gasteiger partial charge < -0.3 is 5.32 Å². The van der Waals surface area contributed by atoms with Crippen molar-refractivity contribution in [3.8, 4) is 0 Å². The minimum Gasteiger partial charge on any atom is -0.321 e. The van der Waals surface area contributed by atoms with Crippen molar-refractivity contribution in [2.45, 2.75) is 17.6 Å². The largest absolute Gasteiger partial charge is 0.321 e. The molecule has 0 aliphatic rings. The van der Waals surface area contributed by atoms with E-state index in [0.717, 1.165) is 11.3 Å². The summed E-state index contributed by atoms with van der Waals surface area (Å²) in [5, 5.41) is 3.54. The number of thioether (sulfide) groups is 1. The van der Waals surface area contributed by atoms with Gasteiger partial charge in [-0.15, -0.1) is 11.8 Å². The number of aryl methyl sites for hydroxylation is 1. The van der Waals surface area contributed by atoms with E-state index in [9.17, 15) is 4.79 Å². The molecule has 0 saturated heterocycles. The highest BCUT2D eigenvalue weighted by Crippen LogP contribution is 2.30. The average Bonchev–Trinajstić information content (AvgIpc) is 2.65. The monoisotopic (exact) mass is 401 g/mol. The van der Waals surface area contributed by atoms with Crippen LogP contribution in [0.5, 0.6) is 0 Å². The fraction of sp³-hybridized carbons (Fsp3) is 0.0952. The minimum absolute atomic E-state index is 0.216. The molecule has 3 aromatic rings. The van der Waals surface area contributed by atoms with Gasteiger partial charge >= 0.3 is 0 Å². The van der Waals surface area contributed by atoms with Crippen LogP contribution in [-0.2, 0) is 5.75 Å². The molecule has 3 aromatic carbocycles. The first kappa shape index (κ1) is 18.8. The van der Waals surface area contributed by atoms with E-state index in [1.165, 1.54) is 10.5 Å². The number of halogens is 2. The molecule has 0 unspecified atom stereocenters. The maximum Gasteiger partial charge on any atom is 0.255 e. The van der Waals surface area contributed by atoms with Gasteiger partial charge in [-0.25, -0.2) is 0 Å². The van der Waals surface area contributed by atoms with Gasteiger partial charge in [-0.1, -0.05) is 59.1 Å². The summed E-state index contributed by atoms with van der Waals surface area (Å²) in [6.07, 6.45) is 0. The number of nitrogens with one attached hydrogen (secondary N) is 1. The molecule has 5 heteroatoms. The standard InChI is InChI=1S/C21H17Cl2NOS/c1-14-5-11-17(12-6-14)26-13-15-7-9-16(10-8-15)21(25)24-19-4-2-3-18(22)20(19)23/h2-12H,13H2,1H3,(H,24,25). The lowest BCUT2D eigenvalue weighted by Crippen LogP contribution is -2.12. The van der Waals surface area contributed by atoms with Gasteiger partial charge in [0.25, 0.3) is 5.91 Å². The summed E-state index contributed by atoms with van der Waals surface area (Å²) in [6, 6.07) is 21.2. The molecule has 0 fully saturated rings. The first-order valence-corrected chi connectivity index (χ1v) is 9.81. The first-order chi connectivity index (χ1) is 12.5. The predicted octanol–water partition coefficient (Wildman–Crippen LogP) is 6.85. The van der Waals surface area contributed by atoms with E-state index < -0.39 is 0 Å². The molecule has 1 N–H and O–H groups in total. The third-order valence-electron chi connectivity index (χ3n) is 3.84. The second kappa shape index (κ2) is 8.63. The number of carbonyl (C=O) groups is 1. The number of hydrogen-bond acceptors (Lipinski definition) is 2. The molecule has 0 bridgehead atoms. The van der Waals surface area contributed by atoms with E-state index in [4.69, 9.17) is 23.2 Å². The summed E-state index contributed by atoms with van der Waals surface area (Å²) in [5.74, 6) is 0.636. The van der Waals surface area contributed by atoms with E-state index in [1.807, 2.05) is 24.3 Å². The SMILES string of the molecule is Cc1ccc(SCc2ccc(C(=O)Nc3cccc(Cl)c3Cl)cc2)cc1. The molecular formula is C21H17Cl2NOS. The molecule has 0 heterocycles. The van der Waals surface area contributed by atoms with E-state index in [0.29, 0.717) is 21.3 Å². The summed E-state index contributed by atoms with van der Waals surface area (Å²) in [5.41, 5.74) is 3.49. The van der Waals surface area contributed by atoms with Gasteiger partial charge in [0.1, 0.15) is 0 Å². The Labute approximate surface area is 167 Å². The lowest BCUT2D eigenvalue weighted by atomic mass is 10.1. The molecule has 0 radical (unpaired) electrons. The topological polar surface area (TPSA) is 29.1 Å². The van der Waals surface area contributed by atoms with Gasteiger partial charge in [0.2, 0.25) is 0 Å². The van der Waals surface area contributed by atoms with Crippen molar-refractivity contribution in [3.63, 3.8) is 0 Å². The number of carbonyl (C=O) groups excluding carboxylic acids is 1. The maximum absolute atomic E-state index is 12.4. The molecule has 1 amide bonds. The van der Waals surface area contributed by atoms with E-state index in [-0.39, 0.29) is 5.91 Å². The zero-order valence-electron chi connectivity index (χ0n) is 14.1. The van der Waals surface area contributed by atoms with Gasteiger partial charge in [-0.05, 0) is 48.9 Å². The number of hydrogen-bond donors (Lipinski definition) is 1. The lowest BCUT2D eigenvalue weighted by Gasteiger charge is -2.09. The van der Waals surface area contributed by atoms with Crippen molar-refractivity contribution in [2.24, 2.45) is 0 Å². The van der Waals surface area contributed by atoms with Crippen molar-refractivity contribution in [1.29, 1.82) is 0 Å². The summed E-state index contributed by atoms with van der Waals surface area (Å²) < 4.78 is 0. The summed E-state index contributed by atoms with van der Waals surface area (Å²) in [7, 11) is 0. The first-order valence-electron chi connectivity index (χ1n) is 8.07. The molecule has 132 valence electrons. The Hall–Kier alpha value is -1.94. The van der Waals surface area contributed by atoms with Gasteiger partial charge in [0, 0.05) is 16.2 Å². The molecule has 0 aliphatic heterocycles. The molecule has 0 saturated carbocycles. The van der Waals surface area contributed by atoms with Crippen LogP contribution in [0.25, 0.3) is 0 Å². The van der Waals surface area contributed by atoms with Gasteiger partial charge in [0.15, 0.2) is 0 Å². The zero-order chi connectivity index (χ0) is 18.5. The van der Waals surface area contributed by atoms with Crippen LogP contribution in [0.4, 0.5) is 5.69 Å². The van der Waals surface area contributed by atoms with Crippen LogP contribution in [0.2, 0.25) is 10.0 Å². The van der Waals surface area contributed by atoms with Crippen LogP contribution in [0.3, 0.4) is 0 Å². The summed E-state index contributed by atoms with van der Waals surface area (Å²) in [6.45, 7) is 2.08. The third-order valence-corrected chi connectivity index (χ3v) is 5.74. The van der Waals surface area contributed by atoms with Crippen LogP contribution in [0.15, 0.2) is 71.6 Å². The number of benzene rings is 3. The average molecular weight is 402 g/mol. The third kappa shape index (κ3) is 4.82. The normalized spacial score (nSPS) is 10.6. The van der Waals surface area contributed by atoms with E-state index in [2.05, 4.69) is 36.5 Å². The minimum atomic E-state index is -0.216. The molecule has 0 atom stereocenters. The Morgan fingerprint density at radius 1 is 0.962 bits per heavy atom. The molecule has 3 rings (SSSR count).